The van der Waals surface area contributed by atoms with Crippen molar-refractivity contribution in [3.63, 3.8) is 0 Å². The number of hydrogen-bond donors (Lipinski definition) is 1. The average molecular weight is 211 g/mol. The van der Waals surface area contributed by atoms with Crippen molar-refractivity contribution < 1.29 is 5.11 Å². The van der Waals surface area contributed by atoms with E-state index in [0.29, 0.717) is 6.42 Å². The van der Waals surface area contributed by atoms with Crippen LogP contribution in [-0.4, -0.2) is 26.0 Å². The third-order valence-electron chi connectivity index (χ3n) is 2.26. The molecule has 0 aliphatic heterocycles. The van der Waals surface area contributed by atoms with Crippen LogP contribution < -0.4 is 0 Å². The Labute approximate surface area is 91.3 Å². The topological polar surface area (TPSA) is 50.9 Å². The van der Waals surface area contributed by atoms with Gasteiger partial charge in [0.1, 0.15) is 12.2 Å². The summed E-state index contributed by atoms with van der Waals surface area (Å²) in [4.78, 5) is 4.15. The van der Waals surface area contributed by atoms with Crippen molar-refractivity contribution in [2.75, 3.05) is 0 Å². The van der Waals surface area contributed by atoms with Gasteiger partial charge in [0, 0.05) is 13.0 Å². The van der Waals surface area contributed by atoms with Crippen LogP contribution in [0, 0.1) is 5.41 Å². The lowest BCUT2D eigenvalue weighted by Crippen LogP contribution is -2.21. The van der Waals surface area contributed by atoms with E-state index < -0.39 is 0 Å². The van der Waals surface area contributed by atoms with E-state index in [0.717, 1.165) is 18.8 Å². The maximum Gasteiger partial charge on any atom is 0.138 e. The van der Waals surface area contributed by atoms with Gasteiger partial charge in [0.15, 0.2) is 0 Å². The summed E-state index contributed by atoms with van der Waals surface area (Å²) in [6, 6.07) is 0. The molecule has 0 fully saturated rings. The maximum absolute atomic E-state index is 9.90. The molecule has 1 heterocycles. The van der Waals surface area contributed by atoms with Crippen LogP contribution in [0.4, 0.5) is 0 Å². The second kappa shape index (κ2) is 4.75. The van der Waals surface area contributed by atoms with Crippen molar-refractivity contribution >= 4 is 0 Å². The Kier molecular flexibility index (Phi) is 3.85. The minimum absolute atomic E-state index is 0.149. The summed E-state index contributed by atoms with van der Waals surface area (Å²) >= 11 is 0. The highest BCUT2D eigenvalue weighted by Crippen LogP contribution is 2.22. The second-order valence-corrected chi connectivity index (χ2v) is 5.11. The average Bonchev–Trinajstić information content (AvgIpc) is 2.48. The van der Waals surface area contributed by atoms with Gasteiger partial charge in [-0.05, 0) is 18.8 Å². The van der Waals surface area contributed by atoms with Crippen LogP contribution >= 0.6 is 0 Å². The van der Waals surface area contributed by atoms with Crippen molar-refractivity contribution in [1.29, 1.82) is 0 Å². The molecule has 15 heavy (non-hydrogen) atoms. The Balaban J connectivity index is 2.55. The Morgan fingerprint density at radius 1 is 1.47 bits per heavy atom. The van der Waals surface area contributed by atoms with Gasteiger partial charge < -0.3 is 5.11 Å². The first-order valence-corrected chi connectivity index (χ1v) is 5.47. The Hall–Kier alpha value is -0.900. The van der Waals surface area contributed by atoms with E-state index in [2.05, 4.69) is 30.9 Å². The van der Waals surface area contributed by atoms with E-state index in [4.69, 9.17) is 0 Å². The molecule has 0 aliphatic carbocycles. The first kappa shape index (κ1) is 12.2. The first-order valence-electron chi connectivity index (χ1n) is 5.47. The van der Waals surface area contributed by atoms with Crippen LogP contribution in [-0.2, 0) is 13.0 Å². The molecule has 1 N–H and O–H groups in total. The third kappa shape index (κ3) is 4.00. The van der Waals surface area contributed by atoms with Gasteiger partial charge in [0.25, 0.3) is 0 Å². The number of nitrogens with zero attached hydrogens (tertiary/aromatic N) is 3. The SMILES string of the molecule is CCn1ncnc1CC(O)CC(C)(C)C. The summed E-state index contributed by atoms with van der Waals surface area (Å²) in [6.45, 7) is 9.20. The van der Waals surface area contributed by atoms with Gasteiger partial charge in [0.05, 0.1) is 6.10 Å². The number of hydrogen-bond acceptors (Lipinski definition) is 3. The Morgan fingerprint density at radius 3 is 2.67 bits per heavy atom. The lowest BCUT2D eigenvalue weighted by Gasteiger charge is -2.21. The van der Waals surface area contributed by atoms with Gasteiger partial charge >= 0.3 is 0 Å². The number of aliphatic hydroxyl groups excluding tert-OH is 1. The minimum atomic E-state index is -0.334. The zero-order valence-electron chi connectivity index (χ0n) is 10.1. The quantitative estimate of drug-likeness (QED) is 0.823. The van der Waals surface area contributed by atoms with Crippen LogP contribution in [0.1, 0.15) is 39.9 Å². The zero-order chi connectivity index (χ0) is 11.5. The molecule has 4 nitrogen and oxygen atoms in total. The predicted octanol–water partition coefficient (Wildman–Crippen LogP) is 1.64. The molecule has 1 aromatic heterocycles. The van der Waals surface area contributed by atoms with E-state index in [1.54, 1.807) is 6.33 Å². The van der Waals surface area contributed by atoms with Crippen molar-refractivity contribution in [2.24, 2.45) is 5.41 Å². The predicted molar refractivity (Wildman–Crippen MR) is 59.5 cm³/mol. The van der Waals surface area contributed by atoms with Crippen LogP contribution in [0.3, 0.4) is 0 Å². The fourth-order valence-electron chi connectivity index (χ4n) is 1.70. The summed E-state index contributed by atoms with van der Waals surface area (Å²) in [5.74, 6) is 0.870. The number of aryl methyl sites for hydroxylation is 1. The van der Waals surface area contributed by atoms with Crippen LogP contribution in [0.5, 0.6) is 0 Å². The highest BCUT2D eigenvalue weighted by atomic mass is 16.3. The molecule has 1 aromatic rings. The van der Waals surface area contributed by atoms with Crippen molar-refractivity contribution in [3.05, 3.63) is 12.2 Å². The standard InChI is InChI=1S/C11H21N3O/c1-5-14-10(12-8-13-14)6-9(15)7-11(2,3)4/h8-9,15H,5-7H2,1-4H3. The molecule has 0 saturated carbocycles. The molecule has 0 saturated heterocycles. The number of rotatable bonds is 4. The zero-order valence-corrected chi connectivity index (χ0v) is 10.1. The van der Waals surface area contributed by atoms with Gasteiger partial charge in [-0.3, -0.25) is 4.68 Å². The van der Waals surface area contributed by atoms with Crippen molar-refractivity contribution in [2.45, 2.75) is 53.2 Å². The molecule has 1 rings (SSSR count). The molecule has 0 spiro atoms. The highest BCUT2D eigenvalue weighted by Gasteiger charge is 2.18. The smallest absolute Gasteiger partial charge is 0.138 e. The van der Waals surface area contributed by atoms with Gasteiger partial charge in [-0.2, -0.15) is 5.10 Å². The third-order valence-corrected chi connectivity index (χ3v) is 2.26. The van der Waals surface area contributed by atoms with Gasteiger partial charge in [-0.1, -0.05) is 20.8 Å². The highest BCUT2D eigenvalue weighted by molar-refractivity contribution is 4.88. The molecule has 0 bridgehead atoms. The van der Waals surface area contributed by atoms with E-state index in [1.807, 2.05) is 11.6 Å². The molecule has 0 aromatic carbocycles. The Bertz CT molecular complexity index is 301. The summed E-state index contributed by atoms with van der Waals surface area (Å²) < 4.78 is 1.83. The van der Waals surface area contributed by atoms with Crippen LogP contribution in [0.25, 0.3) is 0 Å². The van der Waals surface area contributed by atoms with E-state index in [9.17, 15) is 5.11 Å². The summed E-state index contributed by atoms with van der Waals surface area (Å²) in [6.07, 6.45) is 2.58. The molecular formula is C11H21N3O. The Morgan fingerprint density at radius 2 is 2.13 bits per heavy atom. The minimum Gasteiger partial charge on any atom is -0.393 e. The van der Waals surface area contributed by atoms with Gasteiger partial charge in [-0.25, -0.2) is 4.98 Å². The maximum atomic E-state index is 9.90. The summed E-state index contributed by atoms with van der Waals surface area (Å²) in [7, 11) is 0. The first-order chi connectivity index (χ1) is 6.92. The van der Waals surface area contributed by atoms with Crippen molar-refractivity contribution in [1.82, 2.24) is 14.8 Å². The molecule has 0 radical (unpaired) electrons. The number of aromatic nitrogens is 3. The normalized spacial score (nSPS) is 14.2. The van der Waals surface area contributed by atoms with E-state index in [-0.39, 0.29) is 11.5 Å². The second-order valence-electron chi connectivity index (χ2n) is 5.11. The summed E-state index contributed by atoms with van der Waals surface area (Å²) in [5.41, 5.74) is 0.149. The van der Waals surface area contributed by atoms with Gasteiger partial charge in [0.2, 0.25) is 0 Å². The van der Waals surface area contributed by atoms with Crippen LogP contribution in [0.2, 0.25) is 0 Å². The van der Waals surface area contributed by atoms with Gasteiger partial charge in [-0.15, -0.1) is 0 Å². The number of aliphatic hydroxyl groups is 1. The molecular weight excluding hydrogens is 190 g/mol. The fraction of sp³-hybridized carbons (Fsp3) is 0.818. The molecule has 4 heteroatoms. The molecule has 1 unspecified atom stereocenters. The van der Waals surface area contributed by atoms with E-state index >= 15 is 0 Å². The molecule has 0 aliphatic rings. The molecule has 1 atom stereocenters. The molecule has 0 amide bonds. The van der Waals surface area contributed by atoms with Crippen LogP contribution in [0.15, 0.2) is 6.33 Å². The fourth-order valence-corrected chi connectivity index (χ4v) is 1.70. The summed E-state index contributed by atoms with van der Waals surface area (Å²) in [5, 5.41) is 14.0. The van der Waals surface area contributed by atoms with Crippen molar-refractivity contribution in [3.8, 4) is 0 Å². The molecule has 86 valence electrons. The lowest BCUT2D eigenvalue weighted by molar-refractivity contribution is 0.118. The van der Waals surface area contributed by atoms with E-state index in [1.165, 1.54) is 0 Å². The largest absolute Gasteiger partial charge is 0.393 e. The lowest BCUT2D eigenvalue weighted by atomic mass is 9.88. The monoisotopic (exact) mass is 211 g/mol.